The largest absolute Gasteiger partial charge is 0.481 e. The smallest absolute Gasteiger partial charge is 0.320 e. The summed E-state index contributed by atoms with van der Waals surface area (Å²) in [5, 5.41) is 12.3. The van der Waals surface area contributed by atoms with Gasteiger partial charge in [-0.05, 0) is 25.8 Å². The number of hydrogen-bond donors (Lipinski definition) is 2. The van der Waals surface area contributed by atoms with Crippen molar-refractivity contribution < 1.29 is 14.7 Å². The van der Waals surface area contributed by atoms with E-state index in [9.17, 15) is 9.59 Å². The fourth-order valence-electron chi connectivity index (χ4n) is 2.59. The summed E-state index contributed by atoms with van der Waals surface area (Å²) in [5.74, 6) is -1.18. The zero-order chi connectivity index (χ0) is 13.0. The van der Waals surface area contributed by atoms with E-state index in [-0.39, 0.29) is 6.03 Å². The van der Waals surface area contributed by atoms with Crippen molar-refractivity contribution in [3.63, 3.8) is 0 Å². The van der Waals surface area contributed by atoms with Gasteiger partial charge < -0.3 is 20.2 Å². The molecule has 0 aliphatic carbocycles. The van der Waals surface area contributed by atoms with Crippen LogP contribution in [-0.4, -0.2) is 66.2 Å². The number of aliphatic carboxylic acids is 1. The molecule has 0 aromatic rings. The van der Waals surface area contributed by atoms with E-state index in [1.54, 1.807) is 4.90 Å². The number of piperidine rings is 1. The van der Waals surface area contributed by atoms with Crippen LogP contribution >= 0.6 is 0 Å². The third-order valence-corrected chi connectivity index (χ3v) is 3.65. The van der Waals surface area contributed by atoms with Crippen LogP contribution in [0.2, 0.25) is 0 Å². The van der Waals surface area contributed by atoms with E-state index in [1.165, 1.54) is 0 Å². The van der Waals surface area contributed by atoms with Gasteiger partial charge in [0, 0.05) is 32.7 Å². The second-order valence-electron chi connectivity index (χ2n) is 5.00. The minimum Gasteiger partial charge on any atom is -0.481 e. The lowest BCUT2D eigenvalue weighted by Crippen LogP contribution is -2.49. The number of nitrogens with one attached hydrogen (secondary N) is 1. The van der Waals surface area contributed by atoms with E-state index in [2.05, 4.69) is 5.32 Å². The van der Waals surface area contributed by atoms with Crippen molar-refractivity contribution in [2.24, 2.45) is 5.92 Å². The summed E-state index contributed by atoms with van der Waals surface area (Å²) in [7, 11) is 0. The van der Waals surface area contributed by atoms with Gasteiger partial charge in [-0.1, -0.05) is 0 Å². The Morgan fingerprint density at radius 3 is 2.61 bits per heavy atom. The Kier molecular flexibility index (Phi) is 4.41. The standard InChI is InChI=1S/C12H21N3O3/c16-11(17)10-3-1-6-15(9-10)12(18)14-7-2-4-13-5-8-14/h10,13H,1-9H2,(H,16,17)/t10-/m1/s1. The Morgan fingerprint density at radius 2 is 1.83 bits per heavy atom. The Balaban J connectivity index is 1.92. The molecule has 2 saturated heterocycles. The van der Waals surface area contributed by atoms with E-state index in [0.29, 0.717) is 26.1 Å². The van der Waals surface area contributed by atoms with E-state index in [0.717, 1.165) is 32.5 Å². The van der Waals surface area contributed by atoms with Crippen LogP contribution in [0.4, 0.5) is 4.79 Å². The molecule has 0 saturated carbocycles. The van der Waals surface area contributed by atoms with Crippen LogP contribution in [0.5, 0.6) is 0 Å². The predicted octanol–water partition coefficient (Wildman–Crippen LogP) is 0.198. The summed E-state index contributed by atoms with van der Waals surface area (Å²) in [6.45, 7) is 4.29. The molecule has 0 unspecified atom stereocenters. The molecule has 2 fully saturated rings. The Labute approximate surface area is 107 Å². The van der Waals surface area contributed by atoms with Gasteiger partial charge in [-0.3, -0.25) is 4.79 Å². The van der Waals surface area contributed by atoms with Gasteiger partial charge in [0.25, 0.3) is 0 Å². The highest BCUT2D eigenvalue weighted by atomic mass is 16.4. The molecule has 2 amide bonds. The molecule has 1 atom stereocenters. The van der Waals surface area contributed by atoms with Crippen molar-refractivity contribution >= 4 is 12.0 Å². The van der Waals surface area contributed by atoms with Crippen molar-refractivity contribution in [1.82, 2.24) is 15.1 Å². The topological polar surface area (TPSA) is 72.9 Å². The quantitative estimate of drug-likeness (QED) is 0.702. The summed E-state index contributed by atoms with van der Waals surface area (Å²) in [6.07, 6.45) is 2.43. The molecule has 0 spiro atoms. The Hall–Kier alpha value is -1.30. The number of carboxylic acid groups (broad SMARTS) is 1. The summed E-state index contributed by atoms with van der Waals surface area (Å²) >= 11 is 0. The van der Waals surface area contributed by atoms with Crippen LogP contribution in [0.3, 0.4) is 0 Å². The first-order chi connectivity index (χ1) is 8.68. The average molecular weight is 255 g/mol. The van der Waals surface area contributed by atoms with Crippen molar-refractivity contribution in [2.45, 2.75) is 19.3 Å². The van der Waals surface area contributed by atoms with Gasteiger partial charge in [-0.2, -0.15) is 0 Å². The number of carboxylic acids is 1. The van der Waals surface area contributed by atoms with Gasteiger partial charge in [0.05, 0.1) is 5.92 Å². The lowest BCUT2D eigenvalue weighted by Gasteiger charge is -2.34. The molecule has 0 bridgehead atoms. The number of carbonyl (C=O) groups is 2. The normalized spacial score (nSPS) is 25.7. The second-order valence-corrected chi connectivity index (χ2v) is 5.00. The van der Waals surface area contributed by atoms with Crippen molar-refractivity contribution in [3.8, 4) is 0 Å². The van der Waals surface area contributed by atoms with Crippen LogP contribution in [0.1, 0.15) is 19.3 Å². The zero-order valence-electron chi connectivity index (χ0n) is 10.6. The van der Waals surface area contributed by atoms with Crippen LogP contribution in [0, 0.1) is 5.92 Å². The van der Waals surface area contributed by atoms with E-state index < -0.39 is 11.9 Å². The van der Waals surface area contributed by atoms with E-state index >= 15 is 0 Å². The average Bonchev–Trinajstić information content (AvgIpc) is 2.67. The number of hydrogen-bond acceptors (Lipinski definition) is 3. The van der Waals surface area contributed by atoms with E-state index in [1.807, 2.05) is 4.90 Å². The molecule has 6 nitrogen and oxygen atoms in total. The molecule has 2 aliphatic heterocycles. The number of carbonyl (C=O) groups excluding carboxylic acids is 1. The molecule has 6 heteroatoms. The molecular weight excluding hydrogens is 234 g/mol. The minimum atomic E-state index is -0.787. The molecule has 2 heterocycles. The zero-order valence-corrected chi connectivity index (χ0v) is 10.6. The first kappa shape index (κ1) is 13.1. The maximum atomic E-state index is 12.3. The molecule has 0 radical (unpaired) electrons. The van der Waals surface area contributed by atoms with Crippen LogP contribution in [0.25, 0.3) is 0 Å². The number of urea groups is 1. The third-order valence-electron chi connectivity index (χ3n) is 3.65. The number of rotatable bonds is 1. The van der Waals surface area contributed by atoms with Crippen molar-refractivity contribution in [2.75, 3.05) is 39.3 Å². The first-order valence-electron chi connectivity index (χ1n) is 6.66. The molecule has 2 N–H and O–H groups in total. The lowest BCUT2D eigenvalue weighted by atomic mass is 9.99. The van der Waals surface area contributed by atoms with Gasteiger partial charge in [0.2, 0.25) is 0 Å². The summed E-state index contributed by atoms with van der Waals surface area (Å²) < 4.78 is 0. The highest BCUT2D eigenvalue weighted by Crippen LogP contribution is 2.18. The maximum Gasteiger partial charge on any atom is 0.320 e. The number of nitrogens with zero attached hydrogens (tertiary/aromatic N) is 2. The minimum absolute atomic E-state index is 0.00431. The number of amides is 2. The third kappa shape index (κ3) is 3.13. The predicted molar refractivity (Wildman–Crippen MR) is 66.4 cm³/mol. The summed E-state index contributed by atoms with van der Waals surface area (Å²) in [5.41, 5.74) is 0. The highest BCUT2D eigenvalue weighted by molar-refractivity contribution is 5.76. The Morgan fingerprint density at radius 1 is 1.06 bits per heavy atom. The summed E-state index contributed by atoms with van der Waals surface area (Å²) in [4.78, 5) is 26.8. The fourth-order valence-corrected chi connectivity index (χ4v) is 2.59. The maximum absolute atomic E-state index is 12.3. The molecule has 0 aromatic carbocycles. The SMILES string of the molecule is O=C(O)[C@@H]1CCCN(C(=O)N2CCCNCC2)C1. The fraction of sp³-hybridized carbons (Fsp3) is 0.833. The first-order valence-corrected chi connectivity index (χ1v) is 6.66. The highest BCUT2D eigenvalue weighted by Gasteiger charge is 2.30. The van der Waals surface area contributed by atoms with Crippen LogP contribution < -0.4 is 5.32 Å². The van der Waals surface area contributed by atoms with Crippen LogP contribution in [-0.2, 0) is 4.79 Å². The lowest BCUT2D eigenvalue weighted by molar-refractivity contribution is -0.143. The molecule has 0 aromatic heterocycles. The van der Waals surface area contributed by atoms with Gasteiger partial charge in [0.1, 0.15) is 0 Å². The summed E-state index contributed by atoms with van der Waals surface area (Å²) in [6, 6.07) is 0.00431. The van der Waals surface area contributed by atoms with Crippen LogP contribution in [0.15, 0.2) is 0 Å². The molecule has 18 heavy (non-hydrogen) atoms. The second kappa shape index (κ2) is 6.04. The van der Waals surface area contributed by atoms with Crippen molar-refractivity contribution in [1.29, 1.82) is 0 Å². The van der Waals surface area contributed by atoms with Gasteiger partial charge in [0.15, 0.2) is 0 Å². The van der Waals surface area contributed by atoms with Gasteiger partial charge >= 0.3 is 12.0 Å². The van der Waals surface area contributed by atoms with Gasteiger partial charge in [-0.15, -0.1) is 0 Å². The number of likely N-dealkylation sites (tertiary alicyclic amines) is 1. The molecule has 102 valence electrons. The van der Waals surface area contributed by atoms with Gasteiger partial charge in [-0.25, -0.2) is 4.79 Å². The monoisotopic (exact) mass is 255 g/mol. The molecule has 2 rings (SSSR count). The van der Waals surface area contributed by atoms with E-state index in [4.69, 9.17) is 5.11 Å². The molecular formula is C12H21N3O3. The molecule has 2 aliphatic rings. The van der Waals surface area contributed by atoms with Crippen molar-refractivity contribution in [3.05, 3.63) is 0 Å². The Bertz CT molecular complexity index is 314.